The van der Waals surface area contributed by atoms with E-state index in [9.17, 15) is 8.42 Å². The van der Waals surface area contributed by atoms with Crippen LogP contribution in [-0.4, -0.2) is 97.0 Å². The first-order valence-corrected chi connectivity index (χ1v) is 15.1. The molecule has 2 fully saturated rings. The summed E-state index contributed by atoms with van der Waals surface area (Å²) in [6.45, 7) is 5.80. The van der Waals surface area contributed by atoms with Crippen molar-refractivity contribution in [1.29, 1.82) is 0 Å². The first kappa shape index (κ1) is 26.9. The largest absolute Gasteiger partial charge is 0.354 e. The van der Waals surface area contributed by atoms with Crippen LogP contribution >= 0.6 is 11.6 Å². The van der Waals surface area contributed by atoms with Crippen molar-refractivity contribution in [3.8, 4) is 11.1 Å². The zero-order valence-corrected chi connectivity index (χ0v) is 23.8. The van der Waals surface area contributed by atoms with Crippen molar-refractivity contribution in [2.45, 2.75) is 4.90 Å². The van der Waals surface area contributed by atoms with Crippen molar-refractivity contribution < 1.29 is 8.42 Å². The monoisotopic (exact) mass is 578 g/mol. The van der Waals surface area contributed by atoms with Gasteiger partial charge in [-0.25, -0.2) is 28.4 Å². The predicted molar refractivity (Wildman–Crippen MR) is 158 cm³/mol. The van der Waals surface area contributed by atoms with E-state index in [0.29, 0.717) is 37.1 Å². The van der Waals surface area contributed by atoms with Gasteiger partial charge in [0.15, 0.2) is 0 Å². The highest BCUT2D eigenvalue weighted by atomic mass is 35.5. The molecule has 12 heteroatoms. The van der Waals surface area contributed by atoms with E-state index in [2.05, 4.69) is 38.3 Å². The van der Waals surface area contributed by atoms with Gasteiger partial charge in [0.2, 0.25) is 16.0 Å². The van der Waals surface area contributed by atoms with Gasteiger partial charge in [-0.1, -0.05) is 17.7 Å². The Morgan fingerprint density at radius 2 is 1.52 bits per heavy atom. The molecule has 2 saturated heterocycles. The molecule has 40 heavy (non-hydrogen) atoms. The minimum absolute atomic E-state index is 0.260. The molecule has 10 nitrogen and oxygen atoms in total. The van der Waals surface area contributed by atoms with Gasteiger partial charge in [0.05, 0.1) is 10.4 Å². The summed E-state index contributed by atoms with van der Waals surface area (Å²) >= 11 is 5.92. The maximum Gasteiger partial charge on any atom is 0.243 e. The second kappa shape index (κ2) is 11.3. The molecule has 0 spiro atoms. The second-order valence-electron chi connectivity index (χ2n) is 10.1. The van der Waals surface area contributed by atoms with Gasteiger partial charge in [0.25, 0.3) is 0 Å². The van der Waals surface area contributed by atoms with Gasteiger partial charge in [-0.05, 0) is 61.1 Å². The molecular formula is C28H31ClN8O2S. The first-order valence-electron chi connectivity index (χ1n) is 13.3. The highest BCUT2D eigenvalue weighted by molar-refractivity contribution is 7.89. The van der Waals surface area contributed by atoms with Gasteiger partial charge < -0.3 is 9.80 Å². The number of rotatable bonds is 6. The summed E-state index contributed by atoms with van der Waals surface area (Å²) in [6.07, 6.45) is 3.71. The van der Waals surface area contributed by atoms with E-state index in [0.717, 1.165) is 54.0 Å². The number of pyridine rings is 1. The number of hydrogen-bond donors (Lipinski definition) is 1. The molecule has 4 heterocycles. The van der Waals surface area contributed by atoms with Gasteiger partial charge in [0.1, 0.15) is 5.82 Å². The molecule has 2 aliphatic heterocycles. The third kappa shape index (κ3) is 5.74. The van der Waals surface area contributed by atoms with Crippen molar-refractivity contribution in [3.05, 3.63) is 72.0 Å². The van der Waals surface area contributed by atoms with Crippen LogP contribution in [0.25, 0.3) is 22.0 Å². The number of piperazine rings is 2. The highest BCUT2D eigenvalue weighted by Crippen LogP contribution is 2.26. The van der Waals surface area contributed by atoms with Crippen molar-refractivity contribution in [3.63, 3.8) is 0 Å². The normalized spacial score (nSPS) is 17.8. The molecule has 4 aromatic rings. The van der Waals surface area contributed by atoms with Crippen LogP contribution in [-0.2, 0) is 10.0 Å². The van der Waals surface area contributed by atoms with Gasteiger partial charge in [0, 0.05) is 80.7 Å². The minimum atomic E-state index is -3.55. The Kier molecular flexibility index (Phi) is 7.56. The molecule has 2 aromatic heterocycles. The molecule has 0 bridgehead atoms. The minimum Gasteiger partial charge on any atom is -0.354 e. The quantitative estimate of drug-likeness (QED) is 0.369. The van der Waals surface area contributed by atoms with E-state index < -0.39 is 10.0 Å². The summed E-state index contributed by atoms with van der Waals surface area (Å²) in [5.74, 6) is 1.44. The lowest BCUT2D eigenvalue weighted by atomic mass is 10.1. The van der Waals surface area contributed by atoms with Crippen LogP contribution in [0, 0.1) is 0 Å². The number of anilines is 2. The molecule has 2 aliphatic rings. The average Bonchev–Trinajstić information content (AvgIpc) is 2.98. The lowest BCUT2D eigenvalue weighted by Crippen LogP contribution is -2.48. The Labute approximate surface area is 239 Å². The Morgan fingerprint density at radius 3 is 2.23 bits per heavy atom. The lowest BCUT2D eigenvalue weighted by molar-refractivity contribution is 0.178. The number of hydrogen-bond acceptors (Lipinski definition) is 9. The standard InChI is InChI=1S/C28H31ClN8O2S/c1-34-10-14-36(15-11-34)33-28-31-20-23-18-21(2-8-26(23)32-28)22-3-9-27(30-19-22)35-12-16-37(17-13-35)40(38,39)25-6-4-24(29)5-7-25/h2-9,18-20H,10-17H2,1H3,(H,31,32,33). The zero-order valence-electron chi connectivity index (χ0n) is 22.2. The average molecular weight is 579 g/mol. The molecular weight excluding hydrogens is 548 g/mol. The second-order valence-corrected chi connectivity index (χ2v) is 12.5. The van der Waals surface area contributed by atoms with Crippen LogP contribution in [0.5, 0.6) is 0 Å². The third-order valence-electron chi connectivity index (χ3n) is 7.44. The summed E-state index contributed by atoms with van der Waals surface area (Å²) in [4.78, 5) is 18.6. The number of sulfonamides is 1. The maximum absolute atomic E-state index is 13.0. The van der Waals surface area contributed by atoms with Gasteiger partial charge in [-0.15, -0.1) is 0 Å². The predicted octanol–water partition coefficient (Wildman–Crippen LogP) is 3.43. The molecule has 6 rings (SSSR count). The van der Waals surface area contributed by atoms with Crippen molar-refractivity contribution in [2.24, 2.45) is 0 Å². The third-order valence-corrected chi connectivity index (χ3v) is 9.60. The highest BCUT2D eigenvalue weighted by Gasteiger charge is 2.29. The fourth-order valence-corrected chi connectivity index (χ4v) is 6.53. The summed E-state index contributed by atoms with van der Waals surface area (Å²) in [6, 6.07) is 16.5. The fraction of sp³-hybridized carbons (Fsp3) is 0.321. The van der Waals surface area contributed by atoms with Gasteiger partial charge >= 0.3 is 0 Å². The number of aromatic nitrogens is 3. The number of likely N-dealkylation sites (N-methyl/N-ethyl adjacent to an activating group) is 1. The number of fused-ring (bicyclic) bond motifs is 1. The van der Waals surface area contributed by atoms with E-state index in [1.807, 2.05) is 36.7 Å². The van der Waals surface area contributed by atoms with Crippen LogP contribution in [0.3, 0.4) is 0 Å². The SMILES string of the molecule is CN1CCN(Nc2ncc3cc(-c4ccc(N5CCN(S(=O)(=O)c6ccc(Cl)cc6)CC5)nc4)ccc3n2)CC1. The van der Waals surface area contributed by atoms with Crippen molar-refractivity contribution in [1.82, 2.24) is 29.2 Å². The Morgan fingerprint density at radius 1 is 0.800 bits per heavy atom. The van der Waals surface area contributed by atoms with Crippen LogP contribution in [0.4, 0.5) is 11.8 Å². The summed E-state index contributed by atoms with van der Waals surface area (Å²) < 4.78 is 27.5. The van der Waals surface area contributed by atoms with Gasteiger partial charge in [-0.2, -0.15) is 4.31 Å². The summed E-state index contributed by atoms with van der Waals surface area (Å²) in [5, 5.41) is 3.63. The Bertz CT molecular complexity index is 1590. The van der Waals surface area contributed by atoms with E-state index in [4.69, 9.17) is 21.6 Å². The van der Waals surface area contributed by atoms with E-state index in [-0.39, 0.29) is 4.90 Å². The number of hydrazine groups is 1. The van der Waals surface area contributed by atoms with Gasteiger partial charge in [-0.3, -0.25) is 5.43 Å². The molecule has 1 N–H and O–H groups in total. The number of benzene rings is 2. The smallest absolute Gasteiger partial charge is 0.243 e. The molecule has 208 valence electrons. The summed E-state index contributed by atoms with van der Waals surface area (Å²) in [5.41, 5.74) is 6.24. The molecule has 2 aromatic carbocycles. The van der Waals surface area contributed by atoms with Crippen LogP contribution in [0.2, 0.25) is 5.02 Å². The molecule has 0 radical (unpaired) electrons. The zero-order chi connectivity index (χ0) is 27.7. The number of nitrogens with one attached hydrogen (secondary N) is 1. The topological polar surface area (TPSA) is 97.8 Å². The fourth-order valence-electron chi connectivity index (χ4n) is 4.98. The van der Waals surface area contributed by atoms with E-state index >= 15 is 0 Å². The molecule has 0 saturated carbocycles. The number of halogens is 1. The van der Waals surface area contributed by atoms with Crippen LogP contribution in [0.1, 0.15) is 0 Å². The molecule has 0 unspecified atom stereocenters. The Hall–Kier alpha value is -3.35. The van der Waals surface area contributed by atoms with E-state index in [1.54, 1.807) is 24.3 Å². The number of nitrogens with zero attached hydrogens (tertiary/aromatic N) is 7. The molecule has 0 aliphatic carbocycles. The lowest BCUT2D eigenvalue weighted by Gasteiger charge is -2.34. The van der Waals surface area contributed by atoms with E-state index in [1.165, 1.54) is 4.31 Å². The van der Waals surface area contributed by atoms with Crippen LogP contribution < -0.4 is 10.3 Å². The Balaban J connectivity index is 1.09. The van der Waals surface area contributed by atoms with Crippen molar-refractivity contribution in [2.75, 3.05) is 69.7 Å². The van der Waals surface area contributed by atoms with Crippen molar-refractivity contribution >= 4 is 44.3 Å². The van der Waals surface area contributed by atoms with Crippen LogP contribution in [0.15, 0.2) is 71.9 Å². The maximum atomic E-state index is 13.0. The first-order chi connectivity index (χ1) is 19.3. The summed E-state index contributed by atoms with van der Waals surface area (Å²) in [7, 11) is -1.42. The molecule has 0 amide bonds. The molecule has 0 atom stereocenters.